The number of hydrogen-bond acceptors (Lipinski definition) is 3. The molecule has 2 rings (SSSR count). The lowest BCUT2D eigenvalue weighted by Gasteiger charge is -2.43. The van der Waals surface area contributed by atoms with Crippen LogP contribution in [0, 0.1) is 11.8 Å². The molecule has 3 heteroatoms. The molecule has 88 valence electrons. The molecule has 2 N–H and O–H groups in total. The van der Waals surface area contributed by atoms with Crippen LogP contribution in [0.4, 0.5) is 0 Å². The SMILES string of the molecule is CC(C(O)O)C1CN(Cc2ccccc2)C1. The Morgan fingerprint density at radius 1 is 1.25 bits per heavy atom. The van der Waals surface area contributed by atoms with E-state index in [0.717, 1.165) is 19.6 Å². The predicted molar refractivity (Wildman–Crippen MR) is 62.6 cm³/mol. The molecule has 3 nitrogen and oxygen atoms in total. The van der Waals surface area contributed by atoms with E-state index in [1.165, 1.54) is 5.56 Å². The van der Waals surface area contributed by atoms with Crippen LogP contribution >= 0.6 is 0 Å². The first-order valence-corrected chi connectivity index (χ1v) is 5.79. The van der Waals surface area contributed by atoms with Crippen LogP contribution in [0.3, 0.4) is 0 Å². The largest absolute Gasteiger partial charge is 0.368 e. The fourth-order valence-corrected chi connectivity index (χ4v) is 2.16. The highest BCUT2D eigenvalue weighted by Crippen LogP contribution is 2.26. The maximum Gasteiger partial charge on any atom is 0.154 e. The molecule has 0 amide bonds. The lowest BCUT2D eigenvalue weighted by Crippen LogP contribution is -2.50. The number of likely N-dealkylation sites (tertiary alicyclic amines) is 1. The average Bonchev–Trinajstić information content (AvgIpc) is 2.23. The van der Waals surface area contributed by atoms with Gasteiger partial charge in [-0.1, -0.05) is 37.3 Å². The zero-order chi connectivity index (χ0) is 11.5. The molecule has 0 radical (unpaired) electrons. The summed E-state index contributed by atoms with van der Waals surface area (Å²) < 4.78 is 0. The van der Waals surface area contributed by atoms with Gasteiger partial charge in [0.05, 0.1) is 0 Å². The molecule has 1 heterocycles. The smallest absolute Gasteiger partial charge is 0.154 e. The molecule has 0 aliphatic carbocycles. The Labute approximate surface area is 96.3 Å². The summed E-state index contributed by atoms with van der Waals surface area (Å²) in [4.78, 5) is 2.33. The number of benzene rings is 1. The van der Waals surface area contributed by atoms with Crippen molar-refractivity contribution in [3.8, 4) is 0 Å². The van der Waals surface area contributed by atoms with E-state index in [2.05, 4.69) is 17.0 Å². The van der Waals surface area contributed by atoms with E-state index in [1.54, 1.807) is 0 Å². The molecular formula is C13H19NO2. The van der Waals surface area contributed by atoms with Crippen molar-refractivity contribution in [2.75, 3.05) is 13.1 Å². The molecular weight excluding hydrogens is 202 g/mol. The standard InChI is InChI=1S/C13H19NO2/c1-10(13(15)16)12-8-14(9-12)7-11-5-3-2-4-6-11/h2-6,10,12-13,15-16H,7-9H2,1H3. The summed E-state index contributed by atoms with van der Waals surface area (Å²) in [5, 5.41) is 18.1. The third-order valence-corrected chi connectivity index (χ3v) is 3.45. The molecule has 0 bridgehead atoms. The summed E-state index contributed by atoms with van der Waals surface area (Å²) in [6.45, 7) is 4.79. The number of aliphatic hydroxyl groups excluding tert-OH is 1. The Hall–Kier alpha value is -0.900. The summed E-state index contributed by atoms with van der Waals surface area (Å²) in [5.74, 6) is 0.399. The minimum Gasteiger partial charge on any atom is -0.368 e. The van der Waals surface area contributed by atoms with Gasteiger partial charge in [-0.15, -0.1) is 0 Å². The molecule has 16 heavy (non-hydrogen) atoms. The number of aliphatic hydroxyl groups is 2. The van der Waals surface area contributed by atoms with Gasteiger partial charge in [-0.2, -0.15) is 0 Å². The van der Waals surface area contributed by atoms with Gasteiger partial charge in [0.2, 0.25) is 0 Å². The second-order valence-electron chi connectivity index (χ2n) is 4.71. The van der Waals surface area contributed by atoms with E-state index in [0.29, 0.717) is 5.92 Å². The minimum absolute atomic E-state index is 0.0213. The lowest BCUT2D eigenvalue weighted by molar-refractivity contribution is -0.117. The van der Waals surface area contributed by atoms with Crippen LogP contribution in [0.15, 0.2) is 30.3 Å². The molecule has 1 fully saturated rings. The minimum atomic E-state index is -1.18. The van der Waals surface area contributed by atoms with Gasteiger partial charge in [-0.25, -0.2) is 0 Å². The van der Waals surface area contributed by atoms with Gasteiger partial charge in [0.25, 0.3) is 0 Å². The lowest BCUT2D eigenvalue weighted by atomic mass is 9.86. The molecule has 1 aliphatic heterocycles. The summed E-state index contributed by atoms with van der Waals surface area (Å²) in [5.41, 5.74) is 1.32. The van der Waals surface area contributed by atoms with Gasteiger partial charge in [-0.3, -0.25) is 4.90 Å². The molecule has 1 aromatic rings. The Balaban J connectivity index is 1.77. The second-order valence-corrected chi connectivity index (χ2v) is 4.71. The van der Waals surface area contributed by atoms with E-state index in [4.69, 9.17) is 10.2 Å². The van der Waals surface area contributed by atoms with Crippen LogP contribution in [0.5, 0.6) is 0 Å². The van der Waals surface area contributed by atoms with Crippen molar-refractivity contribution in [1.82, 2.24) is 4.90 Å². The molecule has 1 atom stereocenters. The van der Waals surface area contributed by atoms with Crippen molar-refractivity contribution >= 4 is 0 Å². The average molecular weight is 221 g/mol. The van der Waals surface area contributed by atoms with Crippen molar-refractivity contribution in [3.63, 3.8) is 0 Å². The highest BCUT2D eigenvalue weighted by atomic mass is 16.5. The molecule has 0 aromatic heterocycles. The quantitative estimate of drug-likeness (QED) is 0.747. The van der Waals surface area contributed by atoms with Crippen molar-refractivity contribution in [3.05, 3.63) is 35.9 Å². The highest BCUT2D eigenvalue weighted by molar-refractivity contribution is 5.14. The van der Waals surface area contributed by atoms with Crippen LogP contribution in [0.2, 0.25) is 0 Å². The summed E-state index contributed by atoms with van der Waals surface area (Å²) >= 11 is 0. The first kappa shape index (κ1) is 11.6. The van der Waals surface area contributed by atoms with Gasteiger partial charge in [0.1, 0.15) is 0 Å². The van der Waals surface area contributed by atoms with E-state index in [9.17, 15) is 0 Å². The molecule has 1 aromatic carbocycles. The number of rotatable bonds is 4. The molecule has 1 unspecified atom stereocenters. The van der Waals surface area contributed by atoms with Gasteiger partial charge in [0, 0.05) is 25.6 Å². The summed E-state index contributed by atoms with van der Waals surface area (Å²) in [6, 6.07) is 10.4. The van der Waals surface area contributed by atoms with Crippen molar-refractivity contribution < 1.29 is 10.2 Å². The maximum absolute atomic E-state index is 9.07. The Morgan fingerprint density at radius 3 is 2.44 bits per heavy atom. The monoisotopic (exact) mass is 221 g/mol. The Bertz CT molecular complexity index is 320. The van der Waals surface area contributed by atoms with E-state index < -0.39 is 6.29 Å². The van der Waals surface area contributed by atoms with Crippen molar-refractivity contribution in [2.24, 2.45) is 11.8 Å². The first-order chi connectivity index (χ1) is 7.66. The molecule has 0 saturated carbocycles. The normalized spacial score (nSPS) is 19.8. The maximum atomic E-state index is 9.07. The van der Waals surface area contributed by atoms with E-state index in [1.807, 2.05) is 25.1 Å². The number of nitrogens with zero attached hydrogens (tertiary/aromatic N) is 1. The van der Waals surface area contributed by atoms with Crippen LogP contribution in [0.25, 0.3) is 0 Å². The fourth-order valence-electron chi connectivity index (χ4n) is 2.16. The zero-order valence-electron chi connectivity index (χ0n) is 9.58. The first-order valence-electron chi connectivity index (χ1n) is 5.79. The van der Waals surface area contributed by atoms with E-state index >= 15 is 0 Å². The molecule has 0 spiro atoms. The van der Waals surface area contributed by atoms with Crippen LogP contribution in [-0.2, 0) is 6.54 Å². The van der Waals surface area contributed by atoms with Gasteiger partial charge in [0.15, 0.2) is 6.29 Å². The summed E-state index contributed by atoms with van der Waals surface area (Å²) in [6.07, 6.45) is -1.18. The number of hydrogen-bond donors (Lipinski definition) is 2. The Morgan fingerprint density at radius 2 is 1.88 bits per heavy atom. The summed E-state index contributed by atoms with van der Waals surface area (Å²) in [7, 11) is 0. The van der Waals surface area contributed by atoms with Crippen molar-refractivity contribution in [2.45, 2.75) is 19.8 Å². The van der Waals surface area contributed by atoms with Gasteiger partial charge in [-0.05, 0) is 11.5 Å². The third-order valence-electron chi connectivity index (χ3n) is 3.45. The highest BCUT2D eigenvalue weighted by Gasteiger charge is 2.33. The Kier molecular flexibility index (Phi) is 3.59. The van der Waals surface area contributed by atoms with Gasteiger partial charge >= 0.3 is 0 Å². The third kappa shape index (κ3) is 2.61. The molecule has 1 saturated heterocycles. The van der Waals surface area contributed by atoms with Crippen molar-refractivity contribution in [1.29, 1.82) is 0 Å². The topological polar surface area (TPSA) is 43.7 Å². The van der Waals surface area contributed by atoms with Crippen LogP contribution in [-0.4, -0.2) is 34.5 Å². The predicted octanol–water partition coefficient (Wildman–Crippen LogP) is 1.07. The second kappa shape index (κ2) is 4.95. The van der Waals surface area contributed by atoms with Crippen LogP contribution < -0.4 is 0 Å². The fraction of sp³-hybridized carbons (Fsp3) is 0.538. The van der Waals surface area contributed by atoms with Crippen LogP contribution in [0.1, 0.15) is 12.5 Å². The van der Waals surface area contributed by atoms with Gasteiger partial charge < -0.3 is 10.2 Å². The zero-order valence-corrected chi connectivity index (χ0v) is 9.58. The van der Waals surface area contributed by atoms with E-state index in [-0.39, 0.29) is 5.92 Å². The molecule has 1 aliphatic rings.